The first-order valence-corrected chi connectivity index (χ1v) is 11.0. The molecule has 2 aromatic rings. The lowest BCUT2D eigenvalue weighted by atomic mass is 9.94. The zero-order valence-corrected chi connectivity index (χ0v) is 18.6. The molecule has 1 N–H and O–H groups in total. The van der Waals surface area contributed by atoms with Crippen LogP contribution < -0.4 is 5.32 Å². The highest BCUT2D eigenvalue weighted by Gasteiger charge is 2.38. The average Bonchev–Trinajstić information content (AvgIpc) is 3.19. The maximum absolute atomic E-state index is 13.3. The van der Waals surface area contributed by atoms with Crippen molar-refractivity contribution in [1.29, 1.82) is 0 Å². The second-order valence-electron chi connectivity index (χ2n) is 9.06. The van der Waals surface area contributed by atoms with Crippen molar-refractivity contribution in [2.24, 2.45) is 11.8 Å². The number of benzene rings is 1. The third-order valence-electron chi connectivity index (χ3n) is 5.53. The number of rotatable bonds is 7. The molecular formula is C24H33N3O3. The summed E-state index contributed by atoms with van der Waals surface area (Å²) in [6.07, 6.45) is 2.42. The largest absolute Gasteiger partial charge is 0.355 e. The van der Waals surface area contributed by atoms with Gasteiger partial charge in [0.1, 0.15) is 6.04 Å². The molecule has 0 aliphatic carbocycles. The van der Waals surface area contributed by atoms with E-state index in [1.807, 2.05) is 24.3 Å². The molecule has 6 heteroatoms. The van der Waals surface area contributed by atoms with Crippen LogP contribution in [0.4, 0.5) is 0 Å². The quantitative estimate of drug-likeness (QED) is 0.737. The lowest BCUT2D eigenvalue weighted by molar-refractivity contribution is -0.130. The Morgan fingerprint density at radius 2 is 1.83 bits per heavy atom. The molecule has 162 valence electrons. The lowest BCUT2D eigenvalue weighted by Crippen LogP contribution is -2.62. The molecule has 3 rings (SSSR count). The number of carbonyl (C=O) groups is 2. The summed E-state index contributed by atoms with van der Waals surface area (Å²) in [5.74, 6) is 0.958. The van der Waals surface area contributed by atoms with E-state index >= 15 is 0 Å². The van der Waals surface area contributed by atoms with E-state index in [2.05, 4.69) is 45.1 Å². The van der Waals surface area contributed by atoms with Gasteiger partial charge < -0.3 is 14.7 Å². The molecule has 0 radical (unpaired) electrons. The smallest absolute Gasteiger partial charge is 0.276 e. The van der Waals surface area contributed by atoms with E-state index in [1.165, 1.54) is 5.56 Å². The molecule has 0 spiro atoms. The Morgan fingerprint density at radius 1 is 1.17 bits per heavy atom. The number of aromatic nitrogens is 1. The van der Waals surface area contributed by atoms with Crippen molar-refractivity contribution in [2.45, 2.75) is 66.0 Å². The third kappa shape index (κ3) is 5.10. The molecule has 1 aliphatic rings. The summed E-state index contributed by atoms with van der Waals surface area (Å²) in [7, 11) is 0. The Balaban J connectivity index is 1.83. The molecule has 30 heavy (non-hydrogen) atoms. The summed E-state index contributed by atoms with van der Waals surface area (Å²) in [6.45, 7) is 11.0. The van der Waals surface area contributed by atoms with Crippen LogP contribution in [0.3, 0.4) is 0 Å². The van der Waals surface area contributed by atoms with Crippen molar-refractivity contribution < 1.29 is 14.1 Å². The van der Waals surface area contributed by atoms with Crippen LogP contribution in [0.25, 0.3) is 11.3 Å². The Hall–Kier alpha value is -2.63. The summed E-state index contributed by atoms with van der Waals surface area (Å²) in [4.78, 5) is 27.8. The van der Waals surface area contributed by atoms with Gasteiger partial charge in [0.2, 0.25) is 5.91 Å². The SMILES string of the molecule is CCc1ccc(-c2cc(C(=O)N3C[C@H](CC(C)C)NC(=O)[C@@H]3CC(C)C)no2)cc1. The van der Waals surface area contributed by atoms with Gasteiger partial charge in [-0.25, -0.2) is 0 Å². The summed E-state index contributed by atoms with van der Waals surface area (Å²) < 4.78 is 5.47. The van der Waals surface area contributed by atoms with Gasteiger partial charge in [0.15, 0.2) is 11.5 Å². The van der Waals surface area contributed by atoms with Crippen LogP contribution in [0, 0.1) is 11.8 Å². The van der Waals surface area contributed by atoms with Gasteiger partial charge in [0.25, 0.3) is 5.91 Å². The van der Waals surface area contributed by atoms with Crippen molar-refractivity contribution in [1.82, 2.24) is 15.4 Å². The zero-order valence-electron chi connectivity index (χ0n) is 18.6. The minimum Gasteiger partial charge on any atom is -0.355 e. The molecule has 2 heterocycles. The fraction of sp³-hybridized carbons (Fsp3) is 0.542. The van der Waals surface area contributed by atoms with E-state index in [-0.39, 0.29) is 23.6 Å². The number of nitrogens with zero attached hydrogens (tertiary/aromatic N) is 2. The van der Waals surface area contributed by atoms with Gasteiger partial charge in [0, 0.05) is 24.2 Å². The molecule has 1 fully saturated rings. The Bertz CT molecular complexity index is 870. The minimum atomic E-state index is -0.482. The van der Waals surface area contributed by atoms with Gasteiger partial charge >= 0.3 is 0 Å². The fourth-order valence-corrected chi connectivity index (χ4v) is 4.02. The van der Waals surface area contributed by atoms with E-state index in [9.17, 15) is 9.59 Å². The molecule has 1 aliphatic heterocycles. The second-order valence-corrected chi connectivity index (χ2v) is 9.06. The highest BCUT2D eigenvalue weighted by Crippen LogP contribution is 2.25. The van der Waals surface area contributed by atoms with Gasteiger partial charge in [-0.1, -0.05) is 64.0 Å². The number of amides is 2. The zero-order chi connectivity index (χ0) is 21.8. The van der Waals surface area contributed by atoms with Crippen molar-refractivity contribution in [2.75, 3.05) is 6.54 Å². The first kappa shape index (κ1) is 22.1. The van der Waals surface area contributed by atoms with Gasteiger partial charge in [-0.2, -0.15) is 0 Å². The van der Waals surface area contributed by atoms with Crippen molar-refractivity contribution >= 4 is 11.8 Å². The van der Waals surface area contributed by atoms with Crippen LogP contribution in [0.1, 0.15) is 63.5 Å². The number of aryl methyl sites for hydroxylation is 1. The minimum absolute atomic E-state index is 0.0437. The summed E-state index contributed by atoms with van der Waals surface area (Å²) in [6, 6.07) is 9.19. The van der Waals surface area contributed by atoms with Crippen molar-refractivity contribution in [3.05, 3.63) is 41.6 Å². The van der Waals surface area contributed by atoms with Crippen LogP contribution in [-0.4, -0.2) is 40.5 Å². The van der Waals surface area contributed by atoms with Crippen LogP contribution in [0.2, 0.25) is 0 Å². The van der Waals surface area contributed by atoms with Gasteiger partial charge in [-0.15, -0.1) is 0 Å². The van der Waals surface area contributed by atoms with Crippen LogP contribution in [0.5, 0.6) is 0 Å². The third-order valence-corrected chi connectivity index (χ3v) is 5.53. The molecule has 0 bridgehead atoms. The van der Waals surface area contributed by atoms with Crippen LogP contribution in [-0.2, 0) is 11.2 Å². The maximum atomic E-state index is 13.3. The summed E-state index contributed by atoms with van der Waals surface area (Å²) in [5, 5.41) is 7.14. The predicted molar refractivity (Wildman–Crippen MR) is 117 cm³/mol. The topological polar surface area (TPSA) is 75.4 Å². The Kier molecular flexibility index (Phi) is 6.95. The van der Waals surface area contributed by atoms with Gasteiger partial charge in [-0.05, 0) is 36.7 Å². The standard InChI is InChI=1S/C24H33N3O3/c1-6-17-7-9-18(10-8-17)22-13-20(26-30-22)24(29)27-14-19(11-15(2)3)25-23(28)21(27)12-16(4)5/h7-10,13,15-16,19,21H,6,11-12,14H2,1-5H3,(H,25,28)/t19-,21-/m0/s1. The Morgan fingerprint density at radius 3 is 2.43 bits per heavy atom. The highest BCUT2D eigenvalue weighted by atomic mass is 16.5. The van der Waals surface area contributed by atoms with E-state index in [0.717, 1.165) is 18.4 Å². The van der Waals surface area contributed by atoms with Crippen LogP contribution in [0.15, 0.2) is 34.9 Å². The van der Waals surface area contributed by atoms with Crippen molar-refractivity contribution in [3.8, 4) is 11.3 Å². The highest BCUT2D eigenvalue weighted by molar-refractivity contribution is 5.97. The molecule has 1 saturated heterocycles. The second kappa shape index (κ2) is 9.45. The van der Waals surface area contributed by atoms with Gasteiger partial charge in [0.05, 0.1) is 0 Å². The summed E-state index contributed by atoms with van der Waals surface area (Å²) >= 11 is 0. The number of hydrogen-bond donors (Lipinski definition) is 1. The number of carbonyl (C=O) groups excluding carboxylic acids is 2. The average molecular weight is 412 g/mol. The molecule has 2 amide bonds. The van der Waals surface area contributed by atoms with E-state index in [0.29, 0.717) is 30.6 Å². The molecule has 0 unspecified atom stereocenters. The monoisotopic (exact) mass is 411 g/mol. The fourth-order valence-electron chi connectivity index (χ4n) is 4.02. The summed E-state index contributed by atoms with van der Waals surface area (Å²) in [5.41, 5.74) is 2.37. The lowest BCUT2D eigenvalue weighted by Gasteiger charge is -2.40. The number of piperazine rings is 1. The first-order chi connectivity index (χ1) is 14.3. The number of nitrogens with one attached hydrogen (secondary N) is 1. The normalized spacial score (nSPS) is 19.4. The maximum Gasteiger partial charge on any atom is 0.276 e. The Labute approximate surface area is 179 Å². The molecule has 1 aromatic heterocycles. The molecule has 6 nitrogen and oxygen atoms in total. The molecule has 2 atom stereocenters. The van der Waals surface area contributed by atoms with Crippen molar-refractivity contribution in [3.63, 3.8) is 0 Å². The molecule has 1 aromatic carbocycles. The molecular weight excluding hydrogens is 378 g/mol. The molecule has 0 saturated carbocycles. The van der Waals surface area contributed by atoms with E-state index in [1.54, 1.807) is 11.0 Å². The van der Waals surface area contributed by atoms with Crippen LogP contribution >= 0.6 is 0 Å². The number of hydrogen-bond acceptors (Lipinski definition) is 4. The van der Waals surface area contributed by atoms with E-state index in [4.69, 9.17) is 4.52 Å². The van der Waals surface area contributed by atoms with E-state index < -0.39 is 6.04 Å². The predicted octanol–water partition coefficient (Wildman–Crippen LogP) is 4.31. The van der Waals surface area contributed by atoms with Gasteiger partial charge in [-0.3, -0.25) is 9.59 Å². The first-order valence-electron chi connectivity index (χ1n) is 11.0.